The van der Waals surface area contributed by atoms with Gasteiger partial charge in [-0.25, -0.2) is 0 Å². The van der Waals surface area contributed by atoms with Crippen molar-refractivity contribution in [3.8, 4) is 0 Å². The van der Waals surface area contributed by atoms with Crippen molar-refractivity contribution in [2.45, 2.75) is 0 Å². The number of rotatable bonds is 0. The maximum Gasteiger partial charge on any atom is 1.00 e. The summed E-state index contributed by atoms with van der Waals surface area (Å²) in [6, 6.07) is 0. The summed E-state index contributed by atoms with van der Waals surface area (Å²) in [5.74, 6) is 0. The summed E-state index contributed by atoms with van der Waals surface area (Å²) < 4.78 is 0. The number of carbonyl (C=O) groups excluding carboxylic acids is 1. The average Bonchev–Trinajstić information content (AvgIpc) is 0.811. The molecule has 0 saturated carbocycles. The smallest absolute Gasteiger partial charge is 0.652 e. The monoisotopic (exact) mass is 83.0 g/mol. The largest absolute Gasteiger partial charge is 1.00 e. The Labute approximate surface area is 50.9 Å². The Hall–Kier alpha value is 0.270. The summed E-state index contributed by atoms with van der Waals surface area (Å²) in [5, 5.41) is 16.7. The van der Waals surface area contributed by atoms with Crippen LogP contribution in [0.3, 0.4) is 0 Å². The van der Waals surface area contributed by atoms with E-state index in [1.807, 2.05) is 0 Å². The fourth-order valence-electron chi connectivity index (χ4n) is 0. The van der Waals surface area contributed by atoms with E-state index in [1.165, 1.54) is 0 Å². The Morgan fingerprint density at radius 2 is 1.40 bits per heavy atom. The minimum atomic E-state index is -2.33. The molecule has 0 aromatic rings. The van der Waals surface area contributed by atoms with Gasteiger partial charge >= 0.3 is 29.6 Å². The van der Waals surface area contributed by atoms with E-state index in [-0.39, 0.29) is 29.6 Å². The maximum absolute atomic E-state index is 8.33. The minimum absolute atomic E-state index is 0. The van der Waals surface area contributed by atoms with E-state index >= 15 is 0 Å². The fourth-order valence-corrected chi connectivity index (χ4v) is 0. The molecule has 0 N–H and O–H groups in total. The van der Waals surface area contributed by atoms with Gasteiger partial charge in [-0.2, -0.15) is 0 Å². The van der Waals surface area contributed by atoms with Gasteiger partial charge in [0.05, 0.1) is 0 Å². The quantitative estimate of drug-likeness (QED) is 0.274. The van der Waals surface area contributed by atoms with Gasteiger partial charge in [0.15, 0.2) is 0 Å². The first-order valence-electron chi connectivity index (χ1n) is 0.612. The first kappa shape index (κ1) is 8.99. The van der Waals surface area contributed by atoms with Crippen molar-refractivity contribution in [3.63, 3.8) is 0 Å². The second-order valence-electron chi connectivity index (χ2n) is 0.250. The molecule has 0 amide bonds. The van der Waals surface area contributed by atoms with E-state index in [4.69, 9.17) is 15.0 Å². The SMILES string of the molecule is O=C([O-])[O-].[Na+]. The van der Waals surface area contributed by atoms with Crippen molar-refractivity contribution < 1.29 is 44.6 Å². The van der Waals surface area contributed by atoms with Crippen LogP contribution in [0.25, 0.3) is 0 Å². The molecule has 0 aromatic heterocycles. The second-order valence-corrected chi connectivity index (χ2v) is 0.250. The van der Waals surface area contributed by atoms with E-state index in [0.29, 0.717) is 0 Å². The molecule has 0 aromatic carbocycles. The number of carbonyl (C=O) groups is 1. The minimum Gasteiger partial charge on any atom is -0.652 e. The normalized spacial score (nSPS) is 4.80. The zero-order chi connectivity index (χ0) is 3.58. The molecule has 24 valence electrons. The van der Waals surface area contributed by atoms with Crippen LogP contribution in [0.15, 0.2) is 0 Å². The zero-order valence-electron chi connectivity index (χ0n) is 2.72. The van der Waals surface area contributed by atoms with Crippen LogP contribution in [0.5, 0.6) is 0 Å². The molecule has 0 spiro atoms. The molecule has 0 aliphatic rings. The Balaban J connectivity index is 0. The van der Waals surface area contributed by atoms with Gasteiger partial charge < -0.3 is 15.0 Å². The molecule has 0 heterocycles. The first-order valence-corrected chi connectivity index (χ1v) is 0.612. The molecule has 0 rings (SSSR count). The van der Waals surface area contributed by atoms with Crippen molar-refractivity contribution in [2.24, 2.45) is 0 Å². The van der Waals surface area contributed by atoms with Gasteiger partial charge in [0.1, 0.15) is 0 Å². The third-order valence-corrected chi connectivity index (χ3v) is 0. The van der Waals surface area contributed by atoms with Crippen molar-refractivity contribution in [2.75, 3.05) is 0 Å². The number of hydrogen-bond acceptors (Lipinski definition) is 3. The number of hydrogen-bond donors (Lipinski definition) is 0. The third kappa shape index (κ3) is 302. The second kappa shape index (κ2) is 4.27. The van der Waals surface area contributed by atoms with Crippen LogP contribution >= 0.6 is 0 Å². The summed E-state index contributed by atoms with van der Waals surface area (Å²) >= 11 is 0. The molecule has 0 saturated heterocycles. The van der Waals surface area contributed by atoms with E-state index in [0.717, 1.165) is 0 Å². The number of carboxylic acid groups (broad SMARTS) is 2. The van der Waals surface area contributed by atoms with Gasteiger partial charge in [-0.3, -0.25) is 0 Å². The molecule has 3 nitrogen and oxygen atoms in total. The fraction of sp³-hybridized carbons (Fsp3) is 0. The summed E-state index contributed by atoms with van der Waals surface area (Å²) in [6.07, 6.45) is -2.33. The summed E-state index contributed by atoms with van der Waals surface area (Å²) in [5.41, 5.74) is 0. The van der Waals surface area contributed by atoms with Gasteiger partial charge in [-0.05, 0) is 6.16 Å². The van der Waals surface area contributed by atoms with Crippen molar-refractivity contribution in [3.05, 3.63) is 0 Å². The summed E-state index contributed by atoms with van der Waals surface area (Å²) in [7, 11) is 0. The molecular weight excluding hydrogens is 83.0 g/mol. The van der Waals surface area contributed by atoms with Gasteiger partial charge in [0.25, 0.3) is 0 Å². The first-order chi connectivity index (χ1) is 1.73. The van der Waals surface area contributed by atoms with E-state index in [2.05, 4.69) is 0 Å². The van der Waals surface area contributed by atoms with Gasteiger partial charge in [0.2, 0.25) is 0 Å². The third-order valence-electron chi connectivity index (χ3n) is 0. The van der Waals surface area contributed by atoms with Crippen molar-refractivity contribution >= 4 is 6.16 Å². The topological polar surface area (TPSA) is 63.2 Å². The molecule has 0 bridgehead atoms. The standard InChI is InChI=1S/CH2O3.Na/c2-1(3)4;/h(H2,2,3,4);/q;+1/p-2. The molecule has 5 heavy (non-hydrogen) atoms. The Morgan fingerprint density at radius 1 is 1.40 bits per heavy atom. The molecule has 0 aliphatic carbocycles. The van der Waals surface area contributed by atoms with E-state index < -0.39 is 6.16 Å². The van der Waals surface area contributed by atoms with Crippen molar-refractivity contribution in [1.82, 2.24) is 0 Å². The average molecular weight is 83.0 g/mol. The molecule has 0 unspecified atom stereocenters. The summed E-state index contributed by atoms with van der Waals surface area (Å²) in [6.45, 7) is 0. The molecule has 0 radical (unpaired) electrons. The summed E-state index contributed by atoms with van der Waals surface area (Å²) in [4.78, 5) is 8.33. The van der Waals surface area contributed by atoms with Crippen LogP contribution in [-0.2, 0) is 0 Å². The van der Waals surface area contributed by atoms with Crippen LogP contribution in [0.4, 0.5) is 4.79 Å². The molecular formula is CNaO3-. The zero-order valence-corrected chi connectivity index (χ0v) is 4.72. The van der Waals surface area contributed by atoms with Crippen LogP contribution in [-0.4, -0.2) is 6.16 Å². The predicted octanol–water partition coefficient (Wildman–Crippen LogP) is -5.44. The van der Waals surface area contributed by atoms with Gasteiger partial charge in [-0.15, -0.1) is 0 Å². The van der Waals surface area contributed by atoms with Crippen LogP contribution < -0.4 is 39.8 Å². The van der Waals surface area contributed by atoms with Crippen LogP contribution in [0, 0.1) is 0 Å². The molecule has 0 atom stereocenters. The van der Waals surface area contributed by atoms with Crippen molar-refractivity contribution in [1.29, 1.82) is 0 Å². The molecule has 0 fully saturated rings. The van der Waals surface area contributed by atoms with Crippen LogP contribution in [0.2, 0.25) is 0 Å². The van der Waals surface area contributed by atoms with Gasteiger partial charge in [0, 0.05) is 0 Å². The van der Waals surface area contributed by atoms with E-state index in [1.54, 1.807) is 0 Å². The van der Waals surface area contributed by atoms with E-state index in [9.17, 15) is 0 Å². The maximum atomic E-state index is 8.33. The van der Waals surface area contributed by atoms with Crippen LogP contribution in [0.1, 0.15) is 0 Å². The van der Waals surface area contributed by atoms with Gasteiger partial charge in [-0.1, -0.05) is 0 Å². The molecule has 0 aliphatic heterocycles. The Morgan fingerprint density at radius 3 is 1.40 bits per heavy atom. The Kier molecular flexibility index (Phi) is 7.67. The molecule has 4 heteroatoms. The Bertz CT molecular complexity index is 29.9. The predicted molar refractivity (Wildman–Crippen MR) is 5.40 cm³/mol.